The zero-order valence-electron chi connectivity index (χ0n) is 19.2. The van der Waals surface area contributed by atoms with Crippen molar-refractivity contribution in [2.75, 3.05) is 4.90 Å². The van der Waals surface area contributed by atoms with Crippen molar-refractivity contribution in [1.82, 2.24) is 15.1 Å². The average Bonchev–Trinajstić information content (AvgIpc) is 3.54. The number of carbonyl (C=O) groups excluding carboxylic acids is 2. The second-order valence-electron chi connectivity index (χ2n) is 8.65. The quantitative estimate of drug-likeness (QED) is 0.467. The molecule has 2 aromatic heterocycles. The van der Waals surface area contributed by atoms with Gasteiger partial charge in [0, 0.05) is 18.3 Å². The monoisotopic (exact) mass is 454 g/mol. The zero-order chi connectivity index (χ0) is 23.7. The molecule has 7 heteroatoms. The molecular formula is C27H26N4O3. The second-order valence-corrected chi connectivity index (χ2v) is 8.65. The van der Waals surface area contributed by atoms with Crippen LogP contribution in [-0.2, 0) is 24.3 Å². The summed E-state index contributed by atoms with van der Waals surface area (Å²) in [5.74, 6) is 0.0481. The second kappa shape index (κ2) is 8.67. The number of hydrogen-bond acceptors (Lipinski definition) is 4. The van der Waals surface area contributed by atoms with E-state index >= 15 is 0 Å². The van der Waals surface area contributed by atoms with Crippen LogP contribution in [0.2, 0.25) is 0 Å². The van der Waals surface area contributed by atoms with Gasteiger partial charge in [-0.2, -0.15) is 5.10 Å². The Labute approximate surface area is 198 Å². The molecule has 0 saturated heterocycles. The number of anilines is 1. The van der Waals surface area contributed by atoms with E-state index in [9.17, 15) is 9.59 Å². The van der Waals surface area contributed by atoms with Gasteiger partial charge in [-0.05, 0) is 48.7 Å². The maximum absolute atomic E-state index is 13.8. The Morgan fingerprint density at radius 3 is 2.50 bits per heavy atom. The topological polar surface area (TPSA) is 80.4 Å². The number of aryl methyl sites for hydroxylation is 1. The lowest BCUT2D eigenvalue weighted by Gasteiger charge is -2.43. The first-order valence-electron chi connectivity index (χ1n) is 11.4. The molecular weight excluding hydrogens is 428 g/mol. The normalized spacial score (nSPS) is 17.5. The number of benzene rings is 2. The summed E-state index contributed by atoms with van der Waals surface area (Å²) in [5.41, 5.74) is 2.61. The smallest absolute Gasteiger partial charge is 0.277 e. The molecule has 5 rings (SSSR count). The maximum Gasteiger partial charge on any atom is 0.277 e. The number of nitrogens with one attached hydrogen (secondary N) is 1. The fourth-order valence-corrected chi connectivity index (χ4v) is 4.38. The lowest BCUT2D eigenvalue weighted by atomic mass is 9.93. The van der Waals surface area contributed by atoms with Crippen molar-refractivity contribution in [2.24, 2.45) is 0 Å². The molecule has 1 aliphatic rings. The van der Waals surface area contributed by atoms with Gasteiger partial charge in [-0.15, -0.1) is 0 Å². The summed E-state index contributed by atoms with van der Waals surface area (Å²) in [6, 6.07) is 22.8. The molecule has 7 nitrogen and oxygen atoms in total. The van der Waals surface area contributed by atoms with Crippen molar-refractivity contribution in [1.29, 1.82) is 0 Å². The van der Waals surface area contributed by atoms with E-state index in [1.165, 1.54) is 0 Å². The van der Waals surface area contributed by atoms with Crippen LogP contribution in [0.25, 0.3) is 11.5 Å². The number of carbonyl (C=O) groups is 2. The number of fused-ring (bicyclic) bond motifs is 1. The predicted octanol–water partition coefficient (Wildman–Crippen LogP) is 4.44. The van der Waals surface area contributed by atoms with Gasteiger partial charge >= 0.3 is 0 Å². The molecule has 0 fully saturated rings. The van der Waals surface area contributed by atoms with Crippen LogP contribution < -0.4 is 10.2 Å². The third-order valence-corrected chi connectivity index (χ3v) is 6.31. The van der Waals surface area contributed by atoms with Crippen LogP contribution in [0, 0.1) is 0 Å². The van der Waals surface area contributed by atoms with Crippen molar-refractivity contribution in [3.63, 3.8) is 0 Å². The fraction of sp³-hybridized carbons (Fsp3) is 0.222. The highest BCUT2D eigenvalue weighted by atomic mass is 16.3. The van der Waals surface area contributed by atoms with Gasteiger partial charge in [0.25, 0.3) is 5.91 Å². The number of aromatic nitrogens is 2. The molecule has 172 valence electrons. The zero-order valence-corrected chi connectivity index (χ0v) is 19.2. The number of nitrogens with zero attached hydrogens (tertiary/aromatic N) is 3. The molecule has 2 aromatic carbocycles. The highest BCUT2D eigenvalue weighted by molar-refractivity contribution is 6.12. The Hall–Kier alpha value is -4.13. The maximum atomic E-state index is 13.8. The molecule has 1 N–H and O–H groups in total. The van der Waals surface area contributed by atoms with E-state index < -0.39 is 5.54 Å². The Balaban J connectivity index is 1.54. The van der Waals surface area contributed by atoms with E-state index in [-0.39, 0.29) is 18.4 Å². The Kier molecular flexibility index (Phi) is 5.53. The number of hydrogen-bond donors (Lipinski definition) is 1. The summed E-state index contributed by atoms with van der Waals surface area (Å²) in [7, 11) is 0. The van der Waals surface area contributed by atoms with E-state index in [2.05, 4.69) is 17.3 Å². The SMILES string of the molecule is CCc1ccc(N2C(=O)c3cc(-c4ccco4)nn3C[C@@]2(C)C(=O)NCc2ccccc2)cc1. The lowest BCUT2D eigenvalue weighted by Crippen LogP contribution is -2.64. The largest absolute Gasteiger partial charge is 0.463 e. The first kappa shape index (κ1) is 21.7. The van der Waals surface area contributed by atoms with Crippen molar-refractivity contribution in [2.45, 2.75) is 38.9 Å². The van der Waals surface area contributed by atoms with Gasteiger partial charge in [0.2, 0.25) is 5.91 Å². The minimum absolute atomic E-state index is 0.213. The molecule has 0 saturated carbocycles. The first-order valence-corrected chi connectivity index (χ1v) is 11.4. The van der Waals surface area contributed by atoms with Crippen LogP contribution >= 0.6 is 0 Å². The van der Waals surface area contributed by atoms with Gasteiger partial charge in [0.15, 0.2) is 5.76 Å². The summed E-state index contributed by atoms with van der Waals surface area (Å²) in [6.45, 7) is 4.45. The molecule has 0 bridgehead atoms. The molecule has 1 aliphatic heterocycles. The Morgan fingerprint density at radius 2 is 1.82 bits per heavy atom. The van der Waals surface area contributed by atoms with E-state index in [0.717, 1.165) is 17.5 Å². The number of furan rings is 1. The average molecular weight is 455 g/mol. The molecule has 34 heavy (non-hydrogen) atoms. The highest BCUT2D eigenvalue weighted by Gasteiger charge is 2.48. The van der Waals surface area contributed by atoms with Gasteiger partial charge < -0.3 is 9.73 Å². The van der Waals surface area contributed by atoms with Gasteiger partial charge in [0.1, 0.15) is 16.9 Å². The van der Waals surface area contributed by atoms with Crippen molar-refractivity contribution < 1.29 is 14.0 Å². The van der Waals surface area contributed by atoms with Crippen LogP contribution in [0.4, 0.5) is 5.69 Å². The fourth-order valence-electron chi connectivity index (χ4n) is 4.38. The third kappa shape index (κ3) is 3.79. The molecule has 4 aromatic rings. The van der Waals surface area contributed by atoms with Crippen LogP contribution in [0.1, 0.15) is 35.5 Å². The Bertz CT molecular complexity index is 1310. The van der Waals surface area contributed by atoms with E-state index in [4.69, 9.17) is 4.42 Å². The molecule has 0 aliphatic carbocycles. The standard InChI is InChI=1S/C27H26N4O3/c1-3-19-11-13-21(14-12-19)31-25(32)23-16-22(24-10-7-15-34-24)29-30(23)18-27(31,2)26(33)28-17-20-8-5-4-6-9-20/h4-16H,3,17-18H2,1-2H3,(H,28,33)/t27-/m0/s1. The van der Waals surface area contributed by atoms with E-state index in [1.807, 2.05) is 54.6 Å². The molecule has 0 unspecified atom stereocenters. The van der Waals surface area contributed by atoms with Gasteiger partial charge in [-0.3, -0.25) is 19.2 Å². The molecule has 1 atom stereocenters. The molecule has 0 radical (unpaired) electrons. The summed E-state index contributed by atoms with van der Waals surface area (Å²) in [4.78, 5) is 29.0. The summed E-state index contributed by atoms with van der Waals surface area (Å²) < 4.78 is 7.09. The van der Waals surface area contributed by atoms with Gasteiger partial charge in [0.05, 0.1) is 12.8 Å². The van der Waals surface area contributed by atoms with Crippen molar-refractivity contribution in [3.8, 4) is 11.5 Å². The van der Waals surface area contributed by atoms with Crippen LogP contribution in [0.15, 0.2) is 83.5 Å². The minimum atomic E-state index is -1.18. The lowest BCUT2D eigenvalue weighted by molar-refractivity contribution is -0.126. The van der Waals surface area contributed by atoms with Crippen LogP contribution in [0.3, 0.4) is 0 Å². The predicted molar refractivity (Wildman–Crippen MR) is 129 cm³/mol. The van der Waals surface area contributed by atoms with Gasteiger partial charge in [-0.25, -0.2) is 0 Å². The summed E-state index contributed by atoms with van der Waals surface area (Å²) >= 11 is 0. The summed E-state index contributed by atoms with van der Waals surface area (Å²) in [6.07, 6.45) is 2.46. The molecule has 3 heterocycles. The van der Waals surface area contributed by atoms with E-state index in [0.29, 0.717) is 29.4 Å². The van der Waals surface area contributed by atoms with Gasteiger partial charge in [-0.1, -0.05) is 49.4 Å². The summed E-state index contributed by atoms with van der Waals surface area (Å²) in [5, 5.41) is 7.62. The first-order chi connectivity index (χ1) is 16.5. The molecule has 2 amide bonds. The third-order valence-electron chi connectivity index (χ3n) is 6.31. The Morgan fingerprint density at radius 1 is 1.06 bits per heavy atom. The molecule has 0 spiro atoms. The highest BCUT2D eigenvalue weighted by Crippen LogP contribution is 2.34. The van der Waals surface area contributed by atoms with Crippen molar-refractivity contribution in [3.05, 3.63) is 95.9 Å². The number of rotatable bonds is 6. The number of amides is 2. The van der Waals surface area contributed by atoms with Crippen LogP contribution in [0.5, 0.6) is 0 Å². The minimum Gasteiger partial charge on any atom is -0.463 e. The van der Waals surface area contributed by atoms with Crippen molar-refractivity contribution >= 4 is 17.5 Å². The van der Waals surface area contributed by atoms with Crippen LogP contribution in [-0.4, -0.2) is 27.1 Å². The van der Waals surface area contributed by atoms with E-state index in [1.54, 1.807) is 41.0 Å².